The van der Waals surface area contributed by atoms with Crippen LogP contribution in [-0.4, -0.2) is 15.4 Å². The summed E-state index contributed by atoms with van der Waals surface area (Å²) in [7, 11) is 0. The molecule has 1 rings (SSSR count). The van der Waals surface area contributed by atoms with Crippen molar-refractivity contribution in [3.63, 3.8) is 0 Å². The molecule has 0 aliphatic heterocycles. The lowest BCUT2D eigenvalue weighted by atomic mass is 9.91. The summed E-state index contributed by atoms with van der Waals surface area (Å²) in [5.74, 6) is 0. The summed E-state index contributed by atoms with van der Waals surface area (Å²) in [6.07, 6.45) is 4.70. The van der Waals surface area contributed by atoms with Crippen molar-refractivity contribution in [3.05, 3.63) is 56.8 Å². The van der Waals surface area contributed by atoms with Crippen LogP contribution in [0.2, 0.25) is 0 Å². The maximum Gasteiger partial charge on any atom is 0.265 e. The van der Waals surface area contributed by atoms with Crippen LogP contribution in [0.4, 0.5) is 0 Å². The molecule has 0 bridgehead atoms. The van der Waals surface area contributed by atoms with Gasteiger partial charge in [-0.25, -0.2) is 0 Å². The van der Waals surface area contributed by atoms with Crippen LogP contribution in [0.25, 0.3) is 0 Å². The van der Waals surface area contributed by atoms with E-state index in [9.17, 15) is 20.2 Å². The van der Waals surface area contributed by atoms with E-state index in [-0.39, 0.29) is 12.1 Å². The molecule has 1 aliphatic carbocycles. The van der Waals surface area contributed by atoms with E-state index in [1.807, 2.05) is 0 Å². The van der Waals surface area contributed by atoms with Crippen molar-refractivity contribution in [1.29, 1.82) is 0 Å². The van der Waals surface area contributed by atoms with Crippen molar-refractivity contribution in [3.8, 4) is 0 Å². The predicted octanol–water partition coefficient (Wildman–Crippen LogP) is 1.31. The van der Waals surface area contributed by atoms with Crippen LogP contribution >= 0.6 is 0 Å². The van der Waals surface area contributed by atoms with Crippen molar-refractivity contribution in [2.75, 3.05) is 0 Å². The molecule has 0 aromatic heterocycles. The molecule has 74 valence electrons. The van der Waals surface area contributed by atoms with Gasteiger partial charge in [0.15, 0.2) is 0 Å². The molecule has 0 spiro atoms. The maximum atomic E-state index is 10.7. The van der Waals surface area contributed by atoms with Gasteiger partial charge >= 0.3 is 0 Å². The Labute approximate surface area is 79.5 Å². The highest BCUT2D eigenvalue weighted by Crippen LogP contribution is 2.25. The third-order valence-electron chi connectivity index (χ3n) is 2.09. The lowest BCUT2D eigenvalue weighted by Gasteiger charge is -2.17. The molecular formula is C8H8N2O4. The Morgan fingerprint density at radius 1 is 1.50 bits per heavy atom. The molecule has 14 heavy (non-hydrogen) atoms. The van der Waals surface area contributed by atoms with Gasteiger partial charge in [-0.05, 0) is 6.08 Å². The first-order chi connectivity index (χ1) is 6.52. The van der Waals surface area contributed by atoms with E-state index in [1.54, 1.807) is 0 Å². The van der Waals surface area contributed by atoms with Gasteiger partial charge in [-0.3, -0.25) is 20.2 Å². The zero-order chi connectivity index (χ0) is 10.8. The van der Waals surface area contributed by atoms with Gasteiger partial charge in [-0.2, -0.15) is 0 Å². The number of hydrogen-bond acceptors (Lipinski definition) is 4. The van der Waals surface area contributed by atoms with Crippen molar-refractivity contribution in [2.45, 2.75) is 12.0 Å². The van der Waals surface area contributed by atoms with Crippen LogP contribution in [0.1, 0.15) is 6.42 Å². The summed E-state index contributed by atoms with van der Waals surface area (Å²) in [5.41, 5.74) is -1.51. The summed E-state index contributed by atoms with van der Waals surface area (Å²) >= 11 is 0. The van der Waals surface area contributed by atoms with Crippen LogP contribution in [0.5, 0.6) is 0 Å². The molecule has 0 fully saturated rings. The van der Waals surface area contributed by atoms with E-state index < -0.39 is 15.4 Å². The molecule has 0 N–H and O–H groups in total. The maximum absolute atomic E-state index is 10.7. The molecule has 1 aliphatic rings. The van der Waals surface area contributed by atoms with Gasteiger partial charge in [0.05, 0.1) is 11.3 Å². The largest absolute Gasteiger partial charge is 0.265 e. The Bertz CT molecular complexity index is 358. The zero-order valence-corrected chi connectivity index (χ0v) is 7.25. The Morgan fingerprint density at radius 3 is 2.43 bits per heavy atom. The number of rotatable bonds is 3. The van der Waals surface area contributed by atoms with Crippen LogP contribution in [0, 0.1) is 20.2 Å². The summed E-state index contributed by atoms with van der Waals surface area (Å²) in [6.45, 7) is 3.36. The monoisotopic (exact) mass is 196 g/mol. The SMILES string of the molecule is C=CC1([N+](=O)[O-])C=CC([N+](=O)[O-])=CC1. The number of hydrogen-bond donors (Lipinski definition) is 0. The first kappa shape index (κ1) is 10.1. The molecule has 0 aromatic carbocycles. The molecule has 1 atom stereocenters. The summed E-state index contributed by atoms with van der Waals surface area (Å²) in [6, 6.07) is 0. The predicted molar refractivity (Wildman–Crippen MR) is 48.8 cm³/mol. The Hall–Kier alpha value is -1.98. The van der Waals surface area contributed by atoms with Crippen LogP contribution < -0.4 is 0 Å². The number of allylic oxidation sites excluding steroid dienone is 1. The fraction of sp³-hybridized carbons (Fsp3) is 0.250. The number of nitrogens with zero attached hydrogens (tertiary/aromatic N) is 2. The highest BCUT2D eigenvalue weighted by molar-refractivity contribution is 5.27. The molecule has 0 heterocycles. The first-order valence-corrected chi connectivity index (χ1v) is 3.84. The van der Waals surface area contributed by atoms with Gasteiger partial charge in [-0.15, -0.1) is 0 Å². The van der Waals surface area contributed by atoms with Crippen molar-refractivity contribution < 1.29 is 9.85 Å². The molecule has 0 saturated carbocycles. The molecule has 0 aromatic rings. The van der Waals surface area contributed by atoms with E-state index >= 15 is 0 Å². The van der Waals surface area contributed by atoms with Gasteiger partial charge < -0.3 is 0 Å². The van der Waals surface area contributed by atoms with Crippen LogP contribution in [0.3, 0.4) is 0 Å². The van der Waals surface area contributed by atoms with Crippen molar-refractivity contribution >= 4 is 0 Å². The summed E-state index contributed by atoms with van der Waals surface area (Å²) < 4.78 is 0. The van der Waals surface area contributed by atoms with E-state index in [2.05, 4.69) is 6.58 Å². The smallest absolute Gasteiger partial charge is 0.263 e. The Kier molecular flexibility index (Phi) is 2.46. The van der Waals surface area contributed by atoms with E-state index in [4.69, 9.17) is 0 Å². The molecule has 6 nitrogen and oxygen atoms in total. The standard InChI is InChI=1S/C8H8N2O4/c1-2-8(10(13)14)5-3-7(4-6-8)9(11)12/h2-5H,1,6H2. The van der Waals surface area contributed by atoms with Crippen LogP contribution in [-0.2, 0) is 0 Å². The summed E-state index contributed by atoms with van der Waals surface area (Å²) in [5, 5.41) is 21.0. The summed E-state index contributed by atoms with van der Waals surface area (Å²) in [4.78, 5) is 19.9. The van der Waals surface area contributed by atoms with Crippen molar-refractivity contribution in [1.82, 2.24) is 0 Å². The van der Waals surface area contributed by atoms with Gasteiger partial charge in [0.1, 0.15) is 0 Å². The van der Waals surface area contributed by atoms with E-state index in [0.29, 0.717) is 0 Å². The van der Waals surface area contributed by atoms with Gasteiger partial charge in [-0.1, -0.05) is 6.58 Å². The molecule has 1 unspecified atom stereocenters. The molecule has 0 saturated heterocycles. The van der Waals surface area contributed by atoms with Gasteiger partial charge in [0.25, 0.3) is 11.2 Å². The molecule has 0 amide bonds. The Balaban J connectivity index is 2.96. The van der Waals surface area contributed by atoms with Gasteiger partial charge in [0, 0.05) is 23.2 Å². The Morgan fingerprint density at radius 2 is 2.14 bits per heavy atom. The third kappa shape index (κ3) is 1.54. The normalized spacial score (nSPS) is 25.3. The lowest BCUT2D eigenvalue weighted by Crippen LogP contribution is -2.34. The first-order valence-electron chi connectivity index (χ1n) is 3.84. The highest BCUT2D eigenvalue weighted by atomic mass is 16.6. The number of nitro groups is 2. The molecular weight excluding hydrogens is 188 g/mol. The third-order valence-corrected chi connectivity index (χ3v) is 2.09. The second kappa shape index (κ2) is 3.41. The van der Waals surface area contributed by atoms with E-state index in [0.717, 1.165) is 6.08 Å². The van der Waals surface area contributed by atoms with Crippen molar-refractivity contribution in [2.24, 2.45) is 0 Å². The van der Waals surface area contributed by atoms with Crippen LogP contribution in [0.15, 0.2) is 36.6 Å². The quantitative estimate of drug-likeness (QED) is 0.386. The average Bonchev–Trinajstić information content (AvgIpc) is 2.17. The average molecular weight is 196 g/mol. The van der Waals surface area contributed by atoms with E-state index in [1.165, 1.54) is 18.2 Å². The van der Waals surface area contributed by atoms with Gasteiger partial charge in [0.2, 0.25) is 0 Å². The molecule has 0 radical (unpaired) electrons. The minimum absolute atomic E-state index is 0.0314. The lowest BCUT2D eigenvalue weighted by molar-refractivity contribution is -0.540. The molecule has 6 heteroatoms. The second-order valence-corrected chi connectivity index (χ2v) is 2.88. The fourth-order valence-electron chi connectivity index (χ4n) is 1.13. The fourth-order valence-corrected chi connectivity index (χ4v) is 1.13. The minimum Gasteiger partial charge on any atom is -0.263 e. The highest BCUT2D eigenvalue weighted by Gasteiger charge is 2.38. The minimum atomic E-state index is -1.39. The topological polar surface area (TPSA) is 86.3 Å². The zero-order valence-electron chi connectivity index (χ0n) is 7.25. The second-order valence-electron chi connectivity index (χ2n) is 2.88.